The van der Waals surface area contributed by atoms with Crippen molar-refractivity contribution < 1.29 is 14.0 Å². The molecule has 0 bridgehead atoms. The zero-order chi connectivity index (χ0) is 18.8. The number of anilines is 1. The van der Waals surface area contributed by atoms with Gasteiger partial charge in [-0.15, -0.1) is 21.5 Å². The third-order valence-corrected chi connectivity index (χ3v) is 5.72. The number of aromatic nitrogens is 3. The number of thiophene rings is 1. The predicted molar refractivity (Wildman–Crippen MR) is 100 cm³/mol. The Morgan fingerprint density at radius 3 is 2.81 bits per heavy atom. The van der Waals surface area contributed by atoms with Gasteiger partial charge in [-0.3, -0.25) is 9.59 Å². The van der Waals surface area contributed by atoms with Gasteiger partial charge in [0.05, 0.1) is 22.6 Å². The Kier molecular flexibility index (Phi) is 5.14. The van der Waals surface area contributed by atoms with E-state index in [0.29, 0.717) is 21.5 Å². The van der Waals surface area contributed by atoms with E-state index < -0.39 is 11.2 Å². The number of amides is 2. The fraction of sp³-hybridized carbons (Fsp3) is 0.250. The van der Waals surface area contributed by atoms with Crippen molar-refractivity contribution in [2.45, 2.75) is 24.3 Å². The van der Waals surface area contributed by atoms with Crippen molar-refractivity contribution in [3.63, 3.8) is 0 Å². The van der Waals surface area contributed by atoms with Crippen molar-refractivity contribution in [3.8, 4) is 11.4 Å². The third kappa shape index (κ3) is 3.51. The van der Waals surface area contributed by atoms with Gasteiger partial charge >= 0.3 is 0 Å². The molecule has 26 heavy (non-hydrogen) atoms. The molecule has 136 valence electrons. The first kappa shape index (κ1) is 18.2. The molecule has 0 spiro atoms. The van der Waals surface area contributed by atoms with Crippen molar-refractivity contribution in [1.82, 2.24) is 14.8 Å². The quantitative estimate of drug-likeness (QED) is 0.624. The van der Waals surface area contributed by atoms with Gasteiger partial charge in [0.25, 0.3) is 5.91 Å². The van der Waals surface area contributed by atoms with Gasteiger partial charge in [-0.25, -0.2) is 0 Å². The first-order valence-corrected chi connectivity index (χ1v) is 9.43. The molecule has 3 heterocycles. The zero-order valence-corrected chi connectivity index (χ0v) is 16.0. The van der Waals surface area contributed by atoms with Gasteiger partial charge in [0.15, 0.2) is 11.0 Å². The van der Waals surface area contributed by atoms with Crippen LogP contribution in [0.15, 0.2) is 33.3 Å². The van der Waals surface area contributed by atoms with Gasteiger partial charge < -0.3 is 20.0 Å². The smallest absolute Gasteiger partial charge is 0.251 e. The molecule has 0 aliphatic heterocycles. The van der Waals surface area contributed by atoms with Crippen LogP contribution in [-0.2, 0) is 11.8 Å². The fourth-order valence-corrected chi connectivity index (χ4v) is 3.90. The maximum atomic E-state index is 12.4. The van der Waals surface area contributed by atoms with Crippen LogP contribution in [0.3, 0.4) is 0 Å². The molecule has 0 aliphatic carbocycles. The number of nitrogens with one attached hydrogen (secondary N) is 1. The molecular formula is C16H17N5O3S2. The summed E-state index contributed by atoms with van der Waals surface area (Å²) in [5, 5.41) is 13.4. The summed E-state index contributed by atoms with van der Waals surface area (Å²) in [6.45, 7) is 3.61. The van der Waals surface area contributed by atoms with Gasteiger partial charge in [-0.2, -0.15) is 0 Å². The summed E-state index contributed by atoms with van der Waals surface area (Å²) < 4.78 is 7.11. The van der Waals surface area contributed by atoms with Crippen LogP contribution < -0.4 is 11.1 Å². The van der Waals surface area contributed by atoms with Crippen molar-refractivity contribution in [2.24, 2.45) is 12.8 Å². The average Bonchev–Trinajstić information content (AvgIpc) is 3.29. The Bertz CT molecular complexity index is 959. The number of nitrogens with zero attached hydrogens (tertiary/aromatic N) is 3. The van der Waals surface area contributed by atoms with E-state index in [4.69, 9.17) is 10.2 Å². The van der Waals surface area contributed by atoms with Crippen molar-refractivity contribution >= 4 is 39.9 Å². The molecule has 3 aromatic rings. The number of hydrogen-bond donors (Lipinski definition) is 2. The summed E-state index contributed by atoms with van der Waals surface area (Å²) >= 11 is 2.52. The Labute approximate surface area is 157 Å². The Morgan fingerprint density at radius 1 is 1.38 bits per heavy atom. The van der Waals surface area contributed by atoms with Crippen LogP contribution in [0.4, 0.5) is 5.00 Å². The zero-order valence-electron chi connectivity index (χ0n) is 14.3. The summed E-state index contributed by atoms with van der Waals surface area (Å²) in [4.78, 5) is 23.8. The molecule has 3 aromatic heterocycles. The van der Waals surface area contributed by atoms with Crippen LogP contribution in [0, 0.1) is 6.92 Å². The highest BCUT2D eigenvalue weighted by molar-refractivity contribution is 8.00. The number of nitrogens with two attached hydrogens (primary N) is 1. The molecule has 0 radical (unpaired) electrons. The summed E-state index contributed by atoms with van der Waals surface area (Å²) in [5.41, 5.74) is 6.46. The minimum atomic E-state index is -0.574. The van der Waals surface area contributed by atoms with E-state index in [0.717, 1.165) is 11.3 Å². The number of furan rings is 1. The molecule has 10 heteroatoms. The second-order valence-corrected chi connectivity index (χ2v) is 7.76. The monoisotopic (exact) mass is 391 g/mol. The van der Waals surface area contributed by atoms with Crippen LogP contribution in [-0.4, -0.2) is 31.8 Å². The second-order valence-electron chi connectivity index (χ2n) is 5.53. The second kappa shape index (κ2) is 7.34. The number of thioether (sulfide) groups is 1. The van der Waals surface area contributed by atoms with E-state index in [1.165, 1.54) is 23.1 Å². The molecule has 0 saturated heterocycles. The number of carbonyl (C=O) groups excluding carboxylic acids is 2. The molecule has 1 unspecified atom stereocenters. The first-order valence-electron chi connectivity index (χ1n) is 7.67. The van der Waals surface area contributed by atoms with Crippen LogP contribution >= 0.6 is 23.1 Å². The predicted octanol–water partition coefficient (Wildman–Crippen LogP) is 2.66. The number of primary amides is 1. The normalized spacial score (nSPS) is 12.1. The minimum Gasteiger partial charge on any atom is -0.469 e. The van der Waals surface area contributed by atoms with Gasteiger partial charge in [-0.05, 0) is 31.4 Å². The van der Waals surface area contributed by atoms with E-state index in [1.807, 2.05) is 24.6 Å². The number of aryl methyl sites for hydroxylation is 1. The largest absolute Gasteiger partial charge is 0.469 e. The number of rotatable bonds is 6. The highest BCUT2D eigenvalue weighted by Gasteiger charge is 2.22. The maximum absolute atomic E-state index is 12.4. The molecule has 8 nitrogen and oxygen atoms in total. The average molecular weight is 391 g/mol. The van der Waals surface area contributed by atoms with Gasteiger partial charge in [0, 0.05) is 7.05 Å². The Hall–Kier alpha value is -2.59. The highest BCUT2D eigenvalue weighted by atomic mass is 32.2. The van der Waals surface area contributed by atoms with E-state index in [9.17, 15) is 9.59 Å². The van der Waals surface area contributed by atoms with E-state index >= 15 is 0 Å². The summed E-state index contributed by atoms with van der Waals surface area (Å²) in [6.07, 6.45) is 1.60. The third-order valence-electron chi connectivity index (χ3n) is 3.75. The van der Waals surface area contributed by atoms with Crippen molar-refractivity contribution in [3.05, 3.63) is 35.1 Å². The van der Waals surface area contributed by atoms with E-state index in [-0.39, 0.29) is 5.91 Å². The van der Waals surface area contributed by atoms with Gasteiger partial charge in [0.2, 0.25) is 5.91 Å². The van der Waals surface area contributed by atoms with Crippen LogP contribution in [0.1, 0.15) is 23.0 Å². The van der Waals surface area contributed by atoms with Crippen LogP contribution in [0.5, 0.6) is 0 Å². The summed E-state index contributed by atoms with van der Waals surface area (Å²) in [7, 11) is 1.83. The molecule has 3 rings (SSSR count). The lowest BCUT2D eigenvalue weighted by molar-refractivity contribution is -0.115. The molecule has 3 N–H and O–H groups in total. The van der Waals surface area contributed by atoms with E-state index in [2.05, 4.69) is 15.5 Å². The lowest BCUT2D eigenvalue weighted by Crippen LogP contribution is -2.24. The lowest BCUT2D eigenvalue weighted by Gasteiger charge is -2.11. The van der Waals surface area contributed by atoms with E-state index in [1.54, 1.807) is 24.6 Å². The van der Waals surface area contributed by atoms with Crippen LogP contribution in [0.25, 0.3) is 11.4 Å². The Morgan fingerprint density at radius 2 is 2.15 bits per heavy atom. The molecule has 2 amide bonds. The standard InChI is InChI=1S/C16H17N5O3S2/c1-8-10(4-6-24-8)13-19-20-16(21(13)3)26-9(2)14(23)18-15-11(12(17)22)5-7-25-15/h4-7,9H,1-3H3,(H2,17,22)(H,18,23). The van der Waals surface area contributed by atoms with Crippen molar-refractivity contribution in [1.29, 1.82) is 0 Å². The molecule has 0 saturated carbocycles. The topological polar surface area (TPSA) is 116 Å². The summed E-state index contributed by atoms with van der Waals surface area (Å²) in [5.74, 6) is 0.597. The van der Waals surface area contributed by atoms with Crippen molar-refractivity contribution in [2.75, 3.05) is 5.32 Å². The highest BCUT2D eigenvalue weighted by Crippen LogP contribution is 2.29. The number of hydrogen-bond acceptors (Lipinski definition) is 7. The first-order chi connectivity index (χ1) is 12.4. The van der Waals surface area contributed by atoms with Crippen LogP contribution in [0.2, 0.25) is 0 Å². The SMILES string of the molecule is Cc1occc1-c1nnc(SC(C)C(=O)Nc2sccc2C(N)=O)n1C. The molecule has 0 aromatic carbocycles. The lowest BCUT2D eigenvalue weighted by atomic mass is 10.2. The van der Waals surface area contributed by atoms with Gasteiger partial charge in [0.1, 0.15) is 10.8 Å². The van der Waals surface area contributed by atoms with Gasteiger partial charge in [-0.1, -0.05) is 11.8 Å². The Balaban J connectivity index is 1.72. The molecule has 0 aliphatic rings. The fourth-order valence-electron chi connectivity index (χ4n) is 2.29. The maximum Gasteiger partial charge on any atom is 0.251 e. The number of carbonyl (C=O) groups is 2. The molecule has 1 atom stereocenters. The summed E-state index contributed by atoms with van der Waals surface area (Å²) in [6, 6.07) is 3.41. The molecular weight excluding hydrogens is 374 g/mol. The minimum absolute atomic E-state index is 0.246. The molecule has 0 fully saturated rings.